The summed E-state index contributed by atoms with van der Waals surface area (Å²) < 4.78 is 0. The summed E-state index contributed by atoms with van der Waals surface area (Å²) in [5.41, 5.74) is 5.48. The van der Waals surface area contributed by atoms with Gasteiger partial charge in [-0.2, -0.15) is 0 Å². The molecule has 116 valence electrons. The zero-order valence-corrected chi connectivity index (χ0v) is 15.9. The molecule has 22 heavy (non-hydrogen) atoms. The average Bonchev–Trinajstić information content (AvgIpc) is 2.44. The molecule has 0 amide bonds. The first-order valence-corrected chi connectivity index (χ1v) is 11.7. The monoisotopic (exact) mass is 309 g/mol. The third-order valence-corrected chi connectivity index (χ3v) is 7.85. The Morgan fingerprint density at radius 2 is 1.45 bits per heavy atom. The molecule has 1 aromatic heterocycles. The van der Waals surface area contributed by atoms with Crippen LogP contribution in [-0.2, 0) is 10.8 Å². The summed E-state index contributed by atoms with van der Waals surface area (Å²) in [5.74, 6) is 0. The molecule has 0 N–H and O–H groups in total. The lowest BCUT2D eigenvalue weighted by molar-refractivity contribution is 0.298. The number of pyridine rings is 1. The summed E-state index contributed by atoms with van der Waals surface area (Å²) >= 11 is 0. The van der Waals surface area contributed by atoms with Crippen LogP contribution in [0.5, 0.6) is 0 Å². The fraction of sp³-hybridized carbons (Fsp3) is 0.450. The standard InChI is InChI=1S/C20H27NSi/c1-19(2)16-11-9-8-10-15(16)18-17(20(19,3)4)12-14(13-21-18)22(5,6)7/h8-13H,1-7H3. The van der Waals surface area contributed by atoms with Gasteiger partial charge in [0.25, 0.3) is 0 Å². The summed E-state index contributed by atoms with van der Waals surface area (Å²) in [7, 11) is -1.36. The van der Waals surface area contributed by atoms with Gasteiger partial charge in [-0.05, 0) is 21.7 Å². The van der Waals surface area contributed by atoms with Crippen LogP contribution in [0.15, 0.2) is 36.5 Å². The highest BCUT2D eigenvalue weighted by molar-refractivity contribution is 6.88. The Morgan fingerprint density at radius 1 is 0.864 bits per heavy atom. The van der Waals surface area contributed by atoms with Crippen molar-refractivity contribution in [3.63, 3.8) is 0 Å². The number of hydrogen-bond acceptors (Lipinski definition) is 1. The van der Waals surface area contributed by atoms with Crippen LogP contribution in [0.4, 0.5) is 0 Å². The fourth-order valence-corrected chi connectivity index (χ4v) is 4.50. The van der Waals surface area contributed by atoms with Gasteiger partial charge in [-0.3, -0.25) is 4.98 Å². The van der Waals surface area contributed by atoms with Gasteiger partial charge >= 0.3 is 0 Å². The molecule has 0 bridgehead atoms. The molecule has 0 radical (unpaired) electrons. The van der Waals surface area contributed by atoms with Crippen LogP contribution in [0.25, 0.3) is 11.3 Å². The Balaban J connectivity index is 2.36. The summed E-state index contributed by atoms with van der Waals surface area (Å²) in [6.07, 6.45) is 2.12. The van der Waals surface area contributed by atoms with E-state index in [2.05, 4.69) is 83.9 Å². The van der Waals surface area contributed by atoms with Crippen molar-refractivity contribution in [2.75, 3.05) is 0 Å². The Labute approximate surface area is 135 Å². The lowest BCUT2D eigenvalue weighted by Crippen LogP contribution is -2.46. The van der Waals surface area contributed by atoms with E-state index in [1.165, 1.54) is 27.6 Å². The molecule has 0 saturated heterocycles. The van der Waals surface area contributed by atoms with Crippen molar-refractivity contribution in [3.05, 3.63) is 47.7 Å². The number of aromatic nitrogens is 1. The number of rotatable bonds is 1. The van der Waals surface area contributed by atoms with Crippen LogP contribution in [0.2, 0.25) is 19.6 Å². The number of fused-ring (bicyclic) bond motifs is 3. The number of benzene rings is 1. The Kier molecular flexibility index (Phi) is 3.20. The SMILES string of the molecule is CC1(C)c2ccccc2-c2ncc([Si](C)(C)C)cc2C1(C)C. The Hall–Kier alpha value is -1.41. The third-order valence-electron chi connectivity index (χ3n) is 5.85. The second-order valence-corrected chi connectivity index (χ2v) is 13.7. The van der Waals surface area contributed by atoms with Crippen LogP contribution in [0, 0.1) is 0 Å². The van der Waals surface area contributed by atoms with Gasteiger partial charge in [0, 0.05) is 17.2 Å². The van der Waals surface area contributed by atoms with Crippen molar-refractivity contribution in [2.24, 2.45) is 0 Å². The minimum absolute atomic E-state index is 0.0688. The molecule has 1 aliphatic rings. The third kappa shape index (κ3) is 2.00. The van der Waals surface area contributed by atoms with E-state index < -0.39 is 8.07 Å². The maximum absolute atomic E-state index is 4.92. The zero-order chi connectivity index (χ0) is 16.3. The van der Waals surface area contributed by atoms with E-state index in [1.54, 1.807) is 0 Å². The summed E-state index contributed by atoms with van der Waals surface area (Å²) in [4.78, 5) is 4.92. The van der Waals surface area contributed by atoms with E-state index in [0.29, 0.717) is 0 Å². The van der Waals surface area contributed by atoms with E-state index in [4.69, 9.17) is 4.98 Å². The molecule has 2 aromatic rings. The smallest absolute Gasteiger partial charge is 0.0796 e. The van der Waals surface area contributed by atoms with Crippen LogP contribution >= 0.6 is 0 Å². The quantitative estimate of drug-likeness (QED) is 0.685. The molecule has 0 aliphatic heterocycles. The maximum atomic E-state index is 4.92. The molecule has 1 aromatic carbocycles. The minimum Gasteiger partial charge on any atom is -0.256 e. The molecule has 0 atom stereocenters. The Bertz CT molecular complexity index is 736. The largest absolute Gasteiger partial charge is 0.256 e. The summed E-state index contributed by atoms with van der Waals surface area (Å²) in [6.45, 7) is 16.7. The number of hydrogen-bond donors (Lipinski definition) is 0. The first-order chi connectivity index (χ1) is 10.1. The number of nitrogens with zero attached hydrogens (tertiary/aromatic N) is 1. The van der Waals surface area contributed by atoms with Gasteiger partial charge in [-0.25, -0.2) is 0 Å². The highest BCUT2D eigenvalue weighted by Gasteiger charge is 2.46. The van der Waals surface area contributed by atoms with Crippen LogP contribution in [-0.4, -0.2) is 13.1 Å². The van der Waals surface area contributed by atoms with Crippen LogP contribution < -0.4 is 5.19 Å². The molecule has 0 spiro atoms. The molecule has 1 nitrogen and oxygen atoms in total. The van der Waals surface area contributed by atoms with Gasteiger partial charge in [-0.1, -0.05) is 77.7 Å². The molecule has 3 rings (SSSR count). The van der Waals surface area contributed by atoms with Gasteiger partial charge < -0.3 is 0 Å². The van der Waals surface area contributed by atoms with Gasteiger partial charge in [0.05, 0.1) is 13.8 Å². The predicted molar refractivity (Wildman–Crippen MR) is 98.7 cm³/mol. The second kappa shape index (κ2) is 4.54. The van der Waals surface area contributed by atoms with E-state index in [9.17, 15) is 0 Å². The normalized spacial score (nSPS) is 18.5. The molecule has 0 unspecified atom stereocenters. The van der Waals surface area contributed by atoms with E-state index in [0.717, 1.165) is 0 Å². The summed E-state index contributed by atoms with van der Waals surface area (Å²) in [5, 5.41) is 1.45. The molecule has 0 saturated carbocycles. The van der Waals surface area contributed by atoms with E-state index in [1.807, 2.05) is 0 Å². The lowest BCUT2D eigenvalue weighted by Gasteiger charge is -2.48. The topological polar surface area (TPSA) is 12.9 Å². The van der Waals surface area contributed by atoms with Gasteiger partial charge in [0.1, 0.15) is 0 Å². The highest BCUT2D eigenvalue weighted by atomic mass is 28.3. The first kappa shape index (κ1) is 15.5. The maximum Gasteiger partial charge on any atom is 0.0796 e. The van der Waals surface area contributed by atoms with Gasteiger partial charge in [-0.15, -0.1) is 0 Å². The lowest BCUT2D eigenvalue weighted by atomic mass is 9.56. The Morgan fingerprint density at radius 3 is 2.09 bits per heavy atom. The fourth-order valence-electron chi connectivity index (χ4n) is 3.47. The highest BCUT2D eigenvalue weighted by Crippen LogP contribution is 2.52. The second-order valence-electron chi connectivity index (χ2n) is 8.67. The predicted octanol–water partition coefficient (Wildman–Crippen LogP) is 4.86. The molecular formula is C20H27NSi. The van der Waals surface area contributed by atoms with Crippen molar-refractivity contribution >= 4 is 13.3 Å². The molecule has 1 aliphatic carbocycles. The van der Waals surface area contributed by atoms with E-state index >= 15 is 0 Å². The average molecular weight is 310 g/mol. The van der Waals surface area contributed by atoms with Crippen molar-refractivity contribution in [3.8, 4) is 11.3 Å². The zero-order valence-electron chi connectivity index (χ0n) is 14.9. The van der Waals surface area contributed by atoms with Crippen molar-refractivity contribution < 1.29 is 0 Å². The van der Waals surface area contributed by atoms with Crippen molar-refractivity contribution in [1.82, 2.24) is 4.98 Å². The van der Waals surface area contributed by atoms with Crippen molar-refractivity contribution in [1.29, 1.82) is 0 Å². The molecular weight excluding hydrogens is 282 g/mol. The van der Waals surface area contributed by atoms with Crippen LogP contribution in [0.3, 0.4) is 0 Å². The first-order valence-electron chi connectivity index (χ1n) is 8.18. The minimum atomic E-state index is -1.36. The van der Waals surface area contributed by atoms with Crippen LogP contribution in [0.1, 0.15) is 38.8 Å². The van der Waals surface area contributed by atoms with Crippen molar-refractivity contribution in [2.45, 2.75) is 58.2 Å². The molecule has 2 heteroatoms. The molecule has 0 fully saturated rings. The van der Waals surface area contributed by atoms with Gasteiger partial charge in [0.15, 0.2) is 0 Å². The summed E-state index contributed by atoms with van der Waals surface area (Å²) in [6, 6.07) is 11.2. The molecule has 1 heterocycles. The van der Waals surface area contributed by atoms with E-state index in [-0.39, 0.29) is 10.8 Å². The van der Waals surface area contributed by atoms with Gasteiger partial charge in [0.2, 0.25) is 0 Å².